The number of ether oxygens (including phenoxy) is 1. The Morgan fingerprint density at radius 1 is 1.17 bits per heavy atom. The first-order valence-electron chi connectivity index (χ1n) is 11.5. The summed E-state index contributed by atoms with van der Waals surface area (Å²) in [5.41, 5.74) is 2.83. The molecule has 1 fully saturated rings. The molecule has 0 N–H and O–H groups in total. The molecule has 0 saturated carbocycles. The topological polar surface area (TPSA) is 97.7 Å². The van der Waals surface area contributed by atoms with Gasteiger partial charge in [-0.05, 0) is 37.1 Å². The van der Waals surface area contributed by atoms with Crippen LogP contribution in [-0.4, -0.2) is 49.0 Å². The molecule has 0 bridgehead atoms. The van der Waals surface area contributed by atoms with Gasteiger partial charge >= 0.3 is 0 Å². The molecule has 0 spiro atoms. The van der Waals surface area contributed by atoms with Gasteiger partial charge in [-0.3, -0.25) is 0 Å². The van der Waals surface area contributed by atoms with Crippen LogP contribution in [0.25, 0.3) is 11.1 Å². The maximum absolute atomic E-state index is 13.5. The Bertz CT molecular complexity index is 1320. The van der Waals surface area contributed by atoms with E-state index in [1.807, 2.05) is 28.4 Å². The van der Waals surface area contributed by atoms with Crippen LogP contribution in [0.4, 0.5) is 10.1 Å². The second kappa shape index (κ2) is 9.93. The van der Waals surface area contributed by atoms with Gasteiger partial charge in [0.25, 0.3) is 0 Å². The number of nitrogens with zero attached hydrogens (tertiary/aromatic N) is 8. The van der Waals surface area contributed by atoms with Gasteiger partial charge in [0, 0.05) is 55.8 Å². The zero-order valence-corrected chi connectivity index (χ0v) is 19.4. The summed E-state index contributed by atoms with van der Waals surface area (Å²) < 4.78 is 23.4. The molecule has 4 aromatic rings. The molecule has 178 valence electrons. The van der Waals surface area contributed by atoms with Crippen LogP contribution in [0.15, 0.2) is 55.5 Å². The summed E-state index contributed by atoms with van der Waals surface area (Å²) in [5.74, 6) is 1.26. The van der Waals surface area contributed by atoms with Gasteiger partial charge in [-0.1, -0.05) is 0 Å². The Morgan fingerprint density at radius 3 is 2.69 bits per heavy atom. The minimum atomic E-state index is -0.542. The number of rotatable bonds is 7. The lowest BCUT2D eigenvalue weighted by atomic mass is 9.93. The average Bonchev–Trinajstić information content (AvgIpc) is 3.56. The lowest BCUT2D eigenvalue weighted by Crippen LogP contribution is -2.34. The van der Waals surface area contributed by atoms with E-state index in [0.29, 0.717) is 30.4 Å². The Balaban J connectivity index is 1.45. The Hall–Kier alpha value is -4.26. The summed E-state index contributed by atoms with van der Waals surface area (Å²) in [4.78, 5) is 10.1. The number of nitriles is 1. The highest BCUT2D eigenvalue weighted by molar-refractivity contribution is 5.85. The van der Waals surface area contributed by atoms with Crippen molar-refractivity contribution in [2.45, 2.75) is 25.3 Å². The maximum atomic E-state index is 13.5. The van der Waals surface area contributed by atoms with Crippen LogP contribution in [0.1, 0.15) is 30.1 Å². The first-order valence-corrected chi connectivity index (χ1v) is 11.5. The van der Waals surface area contributed by atoms with Crippen LogP contribution >= 0.6 is 0 Å². The quantitative estimate of drug-likeness (QED) is 0.380. The average molecular weight is 473 g/mol. The van der Waals surface area contributed by atoms with Gasteiger partial charge in [-0.2, -0.15) is 9.65 Å². The largest absolute Gasteiger partial charge is 0.490 e. The fraction of sp³-hybridized carbons (Fsp3) is 0.320. The predicted octanol–water partition coefficient (Wildman–Crippen LogP) is 3.55. The molecule has 1 aliphatic heterocycles. The van der Waals surface area contributed by atoms with Crippen LogP contribution in [0, 0.1) is 17.3 Å². The molecule has 1 aliphatic rings. The van der Waals surface area contributed by atoms with E-state index >= 15 is 0 Å². The second-order valence-electron chi connectivity index (χ2n) is 8.53. The molecule has 35 heavy (non-hydrogen) atoms. The van der Waals surface area contributed by atoms with Crippen LogP contribution < -0.4 is 9.64 Å². The van der Waals surface area contributed by atoms with E-state index in [9.17, 15) is 9.65 Å². The fourth-order valence-corrected chi connectivity index (χ4v) is 4.60. The summed E-state index contributed by atoms with van der Waals surface area (Å²) in [6.45, 7) is 2.50. The SMILES string of the molecule is Cn1cnnc1C1CCN(c2c(-c3ccc(F)nc3)ccc(OCCn3ccnc3)c2C#N)CC1. The number of piperidine rings is 1. The smallest absolute Gasteiger partial charge is 0.212 e. The second-order valence-corrected chi connectivity index (χ2v) is 8.53. The maximum Gasteiger partial charge on any atom is 0.212 e. The summed E-state index contributed by atoms with van der Waals surface area (Å²) in [7, 11) is 1.96. The van der Waals surface area contributed by atoms with E-state index in [1.165, 1.54) is 12.3 Å². The van der Waals surface area contributed by atoms with E-state index in [-0.39, 0.29) is 0 Å². The molecule has 9 nitrogen and oxygen atoms in total. The number of halogens is 1. The molecule has 10 heteroatoms. The number of imidazole rings is 1. The number of benzene rings is 1. The lowest BCUT2D eigenvalue weighted by molar-refractivity contribution is 0.297. The van der Waals surface area contributed by atoms with Gasteiger partial charge in [-0.25, -0.2) is 9.97 Å². The molecular formula is C25H25FN8O. The highest BCUT2D eigenvalue weighted by Crippen LogP contribution is 2.41. The normalized spacial score (nSPS) is 14.1. The van der Waals surface area contributed by atoms with Crippen molar-refractivity contribution in [1.29, 1.82) is 5.26 Å². The van der Waals surface area contributed by atoms with E-state index in [4.69, 9.17) is 4.74 Å². The van der Waals surface area contributed by atoms with Crippen molar-refractivity contribution >= 4 is 5.69 Å². The van der Waals surface area contributed by atoms with Crippen LogP contribution in [0.3, 0.4) is 0 Å². The molecule has 1 saturated heterocycles. The lowest BCUT2D eigenvalue weighted by Gasteiger charge is -2.35. The standard InChI is InChI=1S/C25H25FN8O/c1-32-17-30-31-25(32)18-6-9-34(10-7-18)24-20(19-2-5-23(26)29-15-19)3-4-22(21(24)14-27)35-13-12-33-11-8-28-16-33/h2-5,8,11,15-18H,6-7,9-10,12-13H2,1H3. The van der Waals surface area contributed by atoms with Gasteiger partial charge in [0.2, 0.25) is 5.95 Å². The van der Waals surface area contributed by atoms with E-state index in [1.54, 1.807) is 31.0 Å². The van der Waals surface area contributed by atoms with Crippen molar-refractivity contribution < 1.29 is 9.13 Å². The van der Waals surface area contributed by atoms with E-state index in [2.05, 4.69) is 31.1 Å². The Labute approximate surface area is 202 Å². The Kier molecular flexibility index (Phi) is 6.39. The third-order valence-corrected chi connectivity index (χ3v) is 6.38. The van der Waals surface area contributed by atoms with Crippen LogP contribution in [-0.2, 0) is 13.6 Å². The first kappa shape index (κ1) is 22.5. The van der Waals surface area contributed by atoms with Crippen molar-refractivity contribution in [3.63, 3.8) is 0 Å². The van der Waals surface area contributed by atoms with Crippen molar-refractivity contribution in [3.8, 4) is 22.9 Å². The van der Waals surface area contributed by atoms with Gasteiger partial charge in [0.1, 0.15) is 36.1 Å². The Morgan fingerprint density at radius 2 is 2.03 bits per heavy atom. The number of hydrogen-bond donors (Lipinski definition) is 0. The predicted molar refractivity (Wildman–Crippen MR) is 127 cm³/mol. The molecule has 3 aromatic heterocycles. The zero-order valence-electron chi connectivity index (χ0n) is 19.4. The third kappa shape index (κ3) is 4.71. The summed E-state index contributed by atoms with van der Waals surface area (Å²) in [5, 5.41) is 18.5. The van der Waals surface area contributed by atoms with Crippen molar-refractivity contribution in [1.82, 2.24) is 29.3 Å². The van der Waals surface area contributed by atoms with Gasteiger partial charge in [0.15, 0.2) is 0 Å². The highest BCUT2D eigenvalue weighted by Gasteiger charge is 2.28. The highest BCUT2D eigenvalue weighted by atomic mass is 19.1. The number of pyridine rings is 1. The molecule has 1 aromatic carbocycles. The zero-order chi connectivity index (χ0) is 24.2. The first-order chi connectivity index (χ1) is 17.1. The van der Waals surface area contributed by atoms with Crippen molar-refractivity contribution in [2.24, 2.45) is 7.05 Å². The molecule has 5 rings (SSSR count). The van der Waals surface area contributed by atoms with Crippen molar-refractivity contribution in [2.75, 3.05) is 24.6 Å². The molecule has 0 unspecified atom stereocenters. The summed E-state index contributed by atoms with van der Waals surface area (Å²) in [6.07, 6.45) is 10.3. The molecule has 0 atom stereocenters. The van der Waals surface area contributed by atoms with Crippen LogP contribution in [0.5, 0.6) is 5.75 Å². The molecule has 4 heterocycles. The summed E-state index contributed by atoms with van der Waals surface area (Å²) >= 11 is 0. The molecule has 0 radical (unpaired) electrons. The number of hydrogen-bond acceptors (Lipinski definition) is 7. The number of aryl methyl sites for hydroxylation is 1. The third-order valence-electron chi connectivity index (χ3n) is 6.38. The monoisotopic (exact) mass is 472 g/mol. The van der Waals surface area contributed by atoms with Gasteiger partial charge in [-0.15, -0.1) is 10.2 Å². The molecule has 0 aliphatic carbocycles. The van der Waals surface area contributed by atoms with E-state index < -0.39 is 5.95 Å². The minimum absolute atomic E-state index is 0.301. The van der Waals surface area contributed by atoms with Crippen molar-refractivity contribution in [3.05, 3.63) is 72.8 Å². The van der Waals surface area contributed by atoms with Gasteiger partial charge < -0.3 is 18.8 Å². The van der Waals surface area contributed by atoms with Crippen LogP contribution in [0.2, 0.25) is 0 Å². The summed E-state index contributed by atoms with van der Waals surface area (Å²) in [6, 6.07) is 9.12. The fourth-order valence-electron chi connectivity index (χ4n) is 4.60. The van der Waals surface area contributed by atoms with Gasteiger partial charge in [0.05, 0.1) is 18.6 Å². The molecular weight excluding hydrogens is 447 g/mol. The van der Waals surface area contributed by atoms with E-state index in [0.717, 1.165) is 48.6 Å². The molecule has 0 amide bonds. The minimum Gasteiger partial charge on any atom is -0.490 e. The number of aromatic nitrogens is 6. The number of anilines is 1.